The van der Waals surface area contributed by atoms with Gasteiger partial charge in [-0.2, -0.15) is 13.2 Å². The van der Waals surface area contributed by atoms with Gasteiger partial charge in [0.15, 0.2) is 6.10 Å². The molecule has 0 fully saturated rings. The average Bonchev–Trinajstić information content (AvgIpc) is 2.44. The van der Waals surface area contributed by atoms with E-state index < -0.39 is 34.9 Å². The molecule has 1 N–H and O–H groups in total. The van der Waals surface area contributed by atoms with Gasteiger partial charge in [-0.1, -0.05) is 22.8 Å². The Labute approximate surface area is 128 Å². The van der Waals surface area contributed by atoms with Crippen LogP contribution < -0.4 is 0 Å². The summed E-state index contributed by atoms with van der Waals surface area (Å²) in [6.07, 6.45) is -6.67. The van der Waals surface area contributed by atoms with Crippen molar-refractivity contribution >= 4 is 17.6 Å². The van der Waals surface area contributed by atoms with E-state index in [4.69, 9.17) is 17.1 Å². The molecule has 0 saturated carbocycles. The van der Waals surface area contributed by atoms with E-state index >= 15 is 0 Å². The van der Waals surface area contributed by atoms with Gasteiger partial charge in [-0.05, 0) is 30.2 Å². The van der Waals surface area contributed by atoms with Crippen LogP contribution in [0.4, 0.5) is 13.2 Å². The summed E-state index contributed by atoms with van der Waals surface area (Å²) < 4.78 is 43.0. The molecule has 0 aliphatic rings. The first kappa shape index (κ1) is 18.1. The Balaban J connectivity index is 3.28. The van der Waals surface area contributed by atoms with Crippen LogP contribution in [-0.2, 0) is 15.7 Å². The second-order valence-electron chi connectivity index (χ2n) is 4.08. The first-order chi connectivity index (χ1) is 10.2. The van der Waals surface area contributed by atoms with Crippen molar-refractivity contribution in [3.05, 3.63) is 44.8 Å². The number of hydrogen-bond acceptors (Lipinski definition) is 4. The Morgan fingerprint density at radius 2 is 2.18 bits per heavy atom. The van der Waals surface area contributed by atoms with Gasteiger partial charge in [-0.3, -0.25) is 0 Å². The second-order valence-corrected chi connectivity index (χ2v) is 4.49. The van der Waals surface area contributed by atoms with Gasteiger partial charge in [-0.25, -0.2) is 4.79 Å². The highest BCUT2D eigenvalue weighted by Crippen LogP contribution is 2.37. The van der Waals surface area contributed by atoms with E-state index in [-0.39, 0.29) is 12.2 Å². The zero-order valence-corrected chi connectivity index (χ0v) is 12.0. The smallest absolute Gasteiger partial charge is 0.417 e. The number of rotatable bonds is 5. The summed E-state index contributed by atoms with van der Waals surface area (Å²) in [7, 11) is 0. The van der Waals surface area contributed by atoms with E-state index in [2.05, 4.69) is 14.8 Å². The minimum atomic E-state index is -4.73. The molecule has 0 bridgehead atoms. The van der Waals surface area contributed by atoms with E-state index in [0.29, 0.717) is 6.07 Å². The van der Waals surface area contributed by atoms with Gasteiger partial charge in [0.25, 0.3) is 0 Å². The molecule has 0 radical (unpaired) electrons. The Morgan fingerprint density at radius 1 is 1.55 bits per heavy atom. The molecule has 2 atom stereocenters. The fraction of sp³-hybridized carbons (Fsp3) is 0.417. The summed E-state index contributed by atoms with van der Waals surface area (Å²) >= 11 is 5.48. The molecular formula is C12H11ClF3N3O3. The first-order valence-corrected chi connectivity index (χ1v) is 6.35. The lowest BCUT2D eigenvalue weighted by atomic mass is 9.99. The van der Waals surface area contributed by atoms with Gasteiger partial charge < -0.3 is 9.84 Å². The number of ether oxygens (including phenoxy) is 1. The molecule has 2 unspecified atom stereocenters. The molecule has 1 rings (SSSR count). The molecule has 0 aliphatic heterocycles. The Hall–Kier alpha value is -1.96. The van der Waals surface area contributed by atoms with Gasteiger partial charge in [0.1, 0.15) is 0 Å². The van der Waals surface area contributed by atoms with Crippen molar-refractivity contribution in [1.82, 2.24) is 0 Å². The number of halogens is 4. The number of hydrogen-bond donors (Lipinski definition) is 1. The van der Waals surface area contributed by atoms with Crippen LogP contribution in [0.15, 0.2) is 23.3 Å². The molecule has 0 spiro atoms. The second kappa shape index (κ2) is 7.35. The zero-order chi connectivity index (χ0) is 16.9. The summed E-state index contributed by atoms with van der Waals surface area (Å²) in [6.45, 7) is 1.44. The fourth-order valence-electron chi connectivity index (χ4n) is 1.67. The molecular weight excluding hydrogens is 327 g/mol. The maximum Gasteiger partial charge on any atom is 0.417 e. The molecule has 0 aliphatic carbocycles. The van der Waals surface area contributed by atoms with E-state index in [1.54, 1.807) is 0 Å². The van der Waals surface area contributed by atoms with Gasteiger partial charge in [0.05, 0.1) is 23.2 Å². The van der Waals surface area contributed by atoms with Crippen LogP contribution >= 0.6 is 11.6 Å². The zero-order valence-electron chi connectivity index (χ0n) is 11.2. The summed E-state index contributed by atoms with van der Waals surface area (Å²) in [5.74, 6) is -1.11. The highest BCUT2D eigenvalue weighted by Gasteiger charge is 2.35. The van der Waals surface area contributed by atoms with Crippen LogP contribution in [0, 0.1) is 0 Å². The number of azide groups is 1. The van der Waals surface area contributed by atoms with Crippen LogP contribution in [0.1, 0.15) is 24.1 Å². The predicted octanol–water partition coefficient (Wildman–Crippen LogP) is 3.63. The summed E-state index contributed by atoms with van der Waals surface area (Å²) in [6, 6.07) is 1.11. The molecule has 0 saturated heterocycles. The number of benzene rings is 1. The molecule has 0 aromatic heterocycles. The topological polar surface area (TPSA) is 95.3 Å². The van der Waals surface area contributed by atoms with Crippen molar-refractivity contribution in [2.75, 3.05) is 6.61 Å². The van der Waals surface area contributed by atoms with E-state index in [9.17, 15) is 23.1 Å². The molecule has 1 aromatic rings. The third-order valence-electron chi connectivity index (χ3n) is 2.64. The standard InChI is InChI=1S/C12H11ClF3N3O3/c1-2-22-11(21)10(20)9(18-19-17)6-3-4-8(13)7(5-6)12(14,15)16/h3-5,9-10,20H,2H2,1H3. The Bertz CT molecular complexity index is 603. The van der Waals surface area contributed by atoms with Crippen LogP contribution in [-0.4, -0.2) is 23.8 Å². The number of esters is 1. The summed E-state index contributed by atoms with van der Waals surface area (Å²) in [5.41, 5.74) is 7.11. The minimum Gasteiger partial charge on any atom is -0.464 e. The highest BCUT2D eigenvalue weighted by atomic mass is 35.5. The largest absolute Gasteiger partial charge is 0.464 e. The number of alkyl halides is 3. The van der Waals surface area contributed by atoms with Crippen molar-refractivity contribution in [3.63, 3.8) is 0 Å². The SMILES string of the molecule is CCOC(=O)C(O)C(N=[N+]=[N-])c1ccc(Cl)c(C(F)(F)F)c1. The molecule has 120 valence electrons. The van der Waals surface area contributed by atoms with Crippen LogP contribution in [0.2, 0.25) is 5.02 Å². The van der Waals surface area contributed by atoms with E-state index in [1.807, 2.05) is 0 Å². The lowest BCUT2D eigenvalue weighted by Gasteiger charge is -2.19. The van der Waals surface area contributed by atoms with Crippen molar-refractivity contribution < 1.29 is 27.8 Å². The molecule has 0 heterocycles. The van der Waals surface area contributed by atoms with Crippen LogP contribution in [0.3, 0.4) is 0 Å². The molecule has 22 heavy (non-hydrogen) atoms. The normalized spacial score (nSPS) is 13.9. The predicted molar refractivity (Wildman–Crippen MR) is 71.0 cm³/mol. The molecule has 6 nitrogen and oxygen atoms in total. The van der Waals surface area contributed by atoms with Gasteiger partial charge in [-0.15, -0.1) is 0 Å². The molecule has 1 aromatic carbocycles. The van der Waals surface area contributed by atoms with Crippen molar-refractivity contribution in [1.29, 1.82) is 0 Å². The number of aliphatic hydroxyl groups excluding tert-OH is 1. The number of nitrogens with zero attached hydrogens (tertiary/aromatic N) is 3. The quantitative estimate of drug-likeness (QED) is 0.384. The van der Waals surface area contributed by atoms with Crippen LogP contribution in [0.25, 0.3) is 10.4 Å². The van der Waals surface area contributed by atoms with Crippen molar-refractivity contribution in [3.8, 4) is 0 Å². The third-order valence-corrected chi connectivity index (χ3v) is 2.97. The molecule has 0 amide bonds. The van der Waals surface area contributed by atoms with Gasteiger partial charge in [0.2, 0.25) is 0 Å². The highest BCUT2D eigenvalue weighted by molar-refractivity contribution is 6.31. The minimum absolute atomic E-state index is 0.0483. The molecule has 10 heteroatoms. The number of carbonyl (C=O) groups is 1. The van der Waals surface area contributed by atoms with Gasteiger partial charge in [0, 0.05) is 4.91 Å². The fourth-order valence-corrected chi connectivity index (χ4v) is 1.89. The van der Waals surface area contributed by atoms with Crippen molar-refractivity contribution in [2.45, 2.75) is 25.2 Å². The third kappa shape index (κ3) is 4.27. The Kier molecular flexibility index (Phi) is 6.04. The number of aliphatic hydroxyl groups is 1. The van der Waals surface area contributed by atoms with E-state index in [0.717, 1.165) is 12.1 Å². The van der Waals surface area contributed by atoms with E-state index in [1.165, 1.54) is 6.92 Å². The summed E-state index contributed by atoms with van der Waals surface area (Å²) in [5, 5.41) is 12.4. The number of carbonyl (C=O) groups excluding carboxylic acids is 1. The Morgan fingerprint density at radius 3 is 2.68 bits per heavy atom. The average molecular weight is 338 g/mol. The monoisotopic (exact) mass is 337 g/mol. The lowest BCUT2D eigenvalue weighted by Crippen LogP contribution is -2.29. The maximum atomic E-state index is 12.8. The first-order valence-electron chi connectivity index (χ1n) is 5.98. The lowest BCUT2D eigenvalue weighted by molar-refractivity contribution is -0.154. The summed E-state index contributed by atoms with van der Waals surface area (Å²) in [4.78, 5) is 13.9. The van der Waals surface area contributed by atoms with Gasteiger partial charge >= 0.3 is 12.1 Å². The maximum absolute atomic E-state index is 12.8. The van der Waals surface area contributed by atoms with Crippen molar-refractivity contribution in [2.24, 2.45) is 5.11 Å². The van der Waals surface area contributed by atoms with Crippen LogP contribution in [0.5, 0.6) is 0 Å².